The molecular weight excluding hydrogens is 234 g/mol. The molecule has 7 heteroatoms. The van der Waals surface area contributed by atoms with Gasteiger partial charge in [0.15, 0.2) is 18.2 Å². The molecule has 0 aliphatic heterocycles. The zero-order chi connectivity index (χ0) is 13.0. The molecule has 5 nitrogen and oxygen atoms in total. The van der Waals surface area contributed by atoms with Crippen molar-refractivity contribution >= 4 is 17.6 Å². The molecule has 0 heterocycles. The molecule has 0 aromatic heterocycles. The van der Waals surface area contributed by atoms with Crippen molar-refractivity contribution in [3.8, 4) is 0 Å². The highest BCUT2D eigenvalue weighted by Crippen LogP contribution is 2.17. The first-order valence-corrected chi connectivity index (χ1v) is 4.58. The molecule has 1 aromatic carbocycles. The van der Waals surface area contributed by atoms with Crippen LogP contribution in [-0.2, 0) is 9.53 Å². The maximum atomic E-state index is 12.9. The fourth-order valence-corrected chi connectivity index (χ4v) is 1.02. The summed E-state index contributed by atoms with van der Waals surface area (Å²) in [4.78, 5) is 22.2. The van der Waals surface area contributed by atoms with Gasteiger partial charge in [0, 0.05) is 18.8 Å². The molecular formula is C10H10F2N2O3. The van der Waals surface area contributed by atoms with Crippen LogP contribution in [0, 0.1) is 11.6 Å². The monoisotopic (exact) mass is 244 g/mol. The highest BCUT2D eigenvalue weighted by Gasteiger charge is 2.16. The summed E-state index contributed by atoms with van der Waals surface area (Å²) >= 11 is 0. The van der Waals surface area contributed by atoms with Crippen molar-refractivity contribution in [2.45, 2.75) is 0 Å². The van der Waals surface area contributed by atoms with Crippen molar-refractivity contribution in [2.24, 2.45) is 0 Å². The number of ether oxygens (including phenoxy) is 1. The minimum absolute atomic E-state index is 0.259. The summed E-state index contributed by atoms with van der Waals surface area (Å²) in [7, 11) is 1.36. The van der Waals surface area contributed by atoms with Gasteiger partial charge in [-0.15, -0.1) is 0 Å². The van der Waals surface area contributed by atoms with E-state index in [1.807, 2.05) is 0 Å². The average Bonchev–Trinajstić information content (AvgIpc) is 2.30. The van der Waals surface area contributed by atoms with Gasteiger partial charge in [-0.3, -0.25) is 4.79 Å². The number of hydrogen-bond acceptors (Lipinski definition) is 4. The number of amides is 1. The number of esters is 1. The number of nitrogen functional groups attached to an aromatic ring is 1. The second-order valence-electron chi connectivity index (χ2n) is 3.10. The van der Waals surface area contributed by atoms with Gasteiger partial charge in [-0.2, -0.15) is 0 Å². The lowest BCUT2D eigenvalue weighted by Gasteiger charge is -2.06. The third kappa shape index (κ3) is 3.13. The Balaban J connectivity index is 2.82. The Morgan fingerprint density at radius 3 is 2.53 bits per heavy atom. The minimum Gasteiger partial charge on any atom is -0.452 e. The molecule has 92 valence electrons. The van der Waals surface area contributed by atoms with Gasteiger partial charge < -0.3 is 15.8 Å². The summed E-state index contributed by atoms with van der Waals surface area (Å²) < 4.78 is 30.1. The van der Waals surface area contributed by atoms with Crippen molar-refractivity contribution in [3.05, 3.63) is 29.3 Å². The Labute approximate surface area is 95.5 Å². The Morgan fingerprint density at radius 2 is 1.94 bits per heavy atom. The van der Waals surface area contributed by atoms with Crippen molar-refractivity contribution in [3.63, 3.8) is 0 Å². The first-order chi connectivity index (χ1) is 7.95. The minimum atomic E-state index is -1.22. The number of hydrogen-bond donors (Lipinski definition) is 2. The van der Waals surface area contributed by atoms with Crippen LogP contribution in [-0.4, -0.2) is 25.5 Å². The SMILES string of the molecule is CNC(=O)COC(=O)c1cc(F)c(F)cc1N. The summed E-state index contributed by atoms with van der Waals surface area (Å²) in [5, 5.41) is 2.23. The van der Waals surface area contributed by atoms with Gasteiger partial charge in [-0.1, -0.05) is 0 Å². The van der Waals surface area contributed by atoms with E-state index in [1.165, 1.54) is 7.05 Å². The summed E-state index contributed by atoms with van der Waals surface area (Å²) in [6.07, 6.45) is 0. The summed E-state index contributed by atoms with van der Waals surface area (Å²) in [6.45, 7) is -0.520. The maximum Gasteiger partial charge on any atom is 0.340 e. The van der Waals surface area contributed by atoms with E-state index in [0.29, 0.717) is 12.1 Å². The van der Waals surface area contributed by atoms with E-state index in [2.05, 4.69) is 10.1 Å². The van der Waals surface area contributed by atoms with Gasteiger partial charge in [-0.25, -0.2) is 13.6 Å². The third-order valence-corrected chi connectivity index (χ3v) is 1.93. The molecule has 0 aliphatic rings. The van der Waals surface area contributed by atoms with Gasteiger partial charge in [0.2, 0.25) is 0 Å². The van der Waals surface area contributed by atoms with E-state index in [9.17, 15) is 18.4 Å². The van der Waals surface area contributed by atoms with Crippen LogP contribution in [0.3, 0.4) is 0 Å². The number of halogens is 2. The average molecular weight is 244 g/mol. The second kappa shape index (κ2) is 5.24. The first kappa shape index (κ1) is 12.9. The molecule has 0 saturated carbocycles. The van der Waals surface area contributed by atoms with Gasteiger partial charge in [0.1, 0.15) is 0 Å². The Morgan fingerprint density at radius 1 is 1.35 bits per heavy atom. The van der Waals surface area contributed by atoms with Crippen LogP contribution in [0.25, 0.3) is 0 Å². The van der Waals surface area contributed by atoms with Crippen LogP contribution in [0.1, 0.15) is 10.4 Å². The van der Waals surface area contributed by atoms with E-state index in [-0.39, 0.29) is 11.3 Å². The summed E-state index contributed by atoms with van der Waals surface area (Å²) in [5.41, 5.74) is 4.74. The maximum absolute atomic E-state index is 12.9. The normalized spacial score (nSPS) is 9.82. The fourth-order valence-electron chi connectivity index (χ4n) is 1.02. The van der Waals surface area contributed by atoms with Crippen LogP contribution in [0.2, 0.25) is 0 Å². The molecule has 0 saturated heterocycles. The molecule has 0 aliphatic carbocycles. The number of benzene rings is 1. The number of carbonyl (C=O) groups is 2. The first-order valence-electron chi connectivity index (χ1n) is 4.58. The predicted molar refractivity (Wildman–Crippen MR) is 55.1 cm³/mol. The lowest BCUT2D eigenvalue weighted by atomic mass is 10.1. The molecule has 0 fully saturated rings. The smallest absolute Gasteiger partial charge is 0.340 e. The Bertz CT molecular complexity index is 463. The van der Waals surface area contributed by atoms with Crippen LogP contribution < -0.4 is 11.1 Å². The lowest BCUT2D eigenvalue weighted by molar-refractivity contribution is -0.123. The molecule has 1 rings (SSSR count). The van der Waals surface area contributed by atoms with Crippen LogP contribution in [0.5, 0.6) is 0 Å². The summed E-state index contributed by atoms with van der Waals surface area (Å²) in [5.74, 6) is -3.90. The second-order valence-corrected chi connectivity index (χ2v) is 3.10. The molecule has 0 radical (unpaired) electrons. The zero-order valence-electron chi connectivity index (χ0n) is 8.92. The fraction of sp³-hybridized carbons (Fsp3) is 0.200. The van der Waals surface area contributed by atoms with Gasteiger partial charge in [0.25, 0.3) is 5.91 Å². The number of nitrogens with two attached hydrogens (primary N) is 1. The quantitative estimate of drug-likeness (QED) is 0.597. The van der Waals surface area contributed by atoms with Gasteiger partial charge in [-0.05, 0) is 6.07 Å². The van der Waals surface area contributed by atoms with E-state index < -0.39 is 30.1 Å². The van der Waals surface area contributed by atoms with Crippen LogP contribution in [0.15, 0.2) is 12.1 Å². The van der Waals surface area contributed by atoms with E-state index in [0.717, 1.165) is 0 Å². The van der Waals surface area contributed by atoms with Gasteiger partial charge >= 0.3 is 5.97 Å². The predicted octanol–water partition coefficient (Wildman–Crippen LogP) is 0.450. The molecule has 1 amide bonds. The molecule has 17 heavy (non-hydrogen) atoms. The standard InChI is InChI=1S/C10H10F2N2O3/c1-14-9(15)4-17-10(16)5-2-6(11)7(12)3-8(5)13/h2-3H,4,13H2,1H3,(H,14,15). The highest BCUT2D eigenvalue weighted by molar-refractivity contribution is 5.96. The number of anilines is 1. The third-order valence-electron chi connectivity index (χ3n) is 1.93. The number of likely N-dealkylation sites (N-methyl/N-ethyl adjacent to an activating group) is 1. The van der Waals surface area contributed by atoms with Crippen molar-refractivity contribution < 1.29 is 23.1 Å². The number of carbonyl (C=O) groups excluding carboxylic acids is 2. The molecule has 0 spiro atoms. The van der Waals surface area contributed by atoms with Gasteiger partial charge in [0.05, 0.1) is 5.56 Å². The topological polar surface area (TPSA) is 81.4 Å². The molecule has 3 N–H and O–H groups in total. The van der Waals surface area contributed by atoms with Crippen molar-refractivity contribution in [1.29, 1.82) is 0 Å². The van der Waals surface area contributed by atoms with E-state index in [4.69, 9.17) is 5.73 Å². The van der Waals surface area contributed by atoms with Crippen molar-refractivity contribution in [2.75, 3.05) is 19.4 Å². The highest BCUT2D eigenvalue weighted by atomic mass is 19.2. The Hall–Kier alpha value is -2.18. The molecule has 0 atom stereocenters. The zero-order valence-corrected chi connectivity index (χ0v) is 8.92. The van der Waals surface area contributed by atoms with E-state index >= 15 is 0 Å². The molecule has 0 unspecified atom stereocenters. The number of rotatable bonds is 3. The molecule has 1 aromatic rings. The van der Waals surface area contributed by atoms with E-state index in [1.54, 1.807) is 0 Å². The largest absolute Gasteiger partial charge is 0.452 e. The van der Waals surface area contributed by atoms with Crippen LogP contribution >= 0.6 is 0 Å². The summed E-state index contributed by atoms with van der Waals surface area (Å²) in [6, 6.07) is 1.29. The van der Waals surface area contributed by atoms with Crippen LogP contribution in [0.4, 0.5) is 14.5 Å². The number of nitrogens with one attached hydrogen (secondary N) is 1. The lowest BCUT2D eigenvalue weighted by Crippen LogP contribution is -2.25. The van der Waals surface area contributed by atoms with Crippen molar-refractivity contribution in [1.82, 2.24) is 5.32 Å². The Kier molecular flexibility index (Phi) is 3.97. The molecule has 0 bridgehead atoms.